The van der Waals surface area contributed by atoms with E-state index < -0.39 is 0 Å². The monoisotopic (exact) mass is 606 g/mol. The lowest BCUT2D eigenvalue weighted by Gasteiger charge is -2.09. The zero-order valence-electron chi connectivity index (χ0n) is 27.4. The highest BCUT2D eigenvalue weighted by molar-refractivity contribution is 5.69. The minimum absolute atomic E-state index is 0.150. The van der Waals surface area contributed by atoms with Crippen LogP contribution < -0.4 is 0 Å². The molecule has 0 fully saturated rings. The van der Waals surface area contributed by atoms with E-state index in [1.807, 2.05) is 0 Å². The average Bonchev–Trinajstić information content (AvgIpc) is 2.99. The Morgan fingerprint density at radius 2 is 0.619 bits per heavy atom. The van der Waals surface area contributed by atoms with Gasteiger partial charge in [0, 0.05) is 13.0 Å². The van der Waals surface area contributed by atoms with Gasteiger partial charge in [0.05, 0.1) is 85.9 Å². The normalized spacial score (nSPS) is 11.4. The van der Waals surface area contributed by atoms with Crippen molar-refractivity contribution in [3.8, 4) is 0 Å². The Morgan fingerprint density at radius 3 is 1.00 bits per heavy atom. The fourth-order valence-corrected chi connectivity index (χ4v) is 4.10. The molecule has 0 rings (SSSR count). The number of ether oxygens (including phenoxy) is 8. The van der Waals surface area contributed by atoms with Crippen LogP contribution in [-0.4, -0.2) is 105 Å². The molecule has 0 aliphatic heterocycles. The number of rotatable bonds is 37. The minimum atomic E-state index is -0.150. The van der Waals surface area contributed by atoms with Gasteiger partial charge in [-0.2, -0.15) is 0 Å². The Bertz CT molecular complexity index is 508. The van der Waals surface area contributed by atoms with Crippen molar-refractivity contribution < 1.29 is 42.7 Å². The standard InChI is InChI=1S/C33H66O9/c1-3-5-7-8-9-10-11-12-13-14-16-18-35-19-20-36-21-22-37-23-24-38-25-26-39-27-28-40-29-30-41-31-32-42-33(34)17-15-6-4-2/h3-32H2,1-2H3. The molecule has 0 N–H and O–H groups in total. The number of esters is 1. The molecule has 0 saturated heterocycles. The van der Waals surface area contributed by atoms with E-state index in [-0.39, 0.29) is 5.97 Å². The van der Waals surface area contributed by atoms with Crippen LogP contribution in [0.3, 0.4) is 0 Å². The maximum absolute atomic E-state index is 11.4. The molecular formula is C33H66O9. The van der Waals surface area contributed by atoms with E-state index in [9.17, 15) is 4.79 Å². The third-order valence-electron chi connectivity index (χ3n) is 6.60. The molecule has 0 aromatic carbocycles. The summed E-state index contributed by atoms with van der Waals surface area (Å²) >= 11 is 0. The van der Waals surface area contributed by atoms with Crippen molar-refractivity contribution in [3.05, 3.63) is 0 Å². The highest BCUT2D eigenvalue weighted by Gasteiger charge is 2.02. The first-order valence-electron chi connectivity index (χ1n) is 17.0. The molecule has 0 aliphatic carbocycles. The Kier molecular flexibility index (Phi) is 37.5. The first kappa shape index (κ1) is 41.2. The lowest BCUT2D eigenvalue weighted by Crippen LogP contribution is -2.15. The number of carbonyl (C=O) groups excluding carboxylic acids is 1. The fourth-order valence-electron chi connectivity index (χ4n) is 4.10. The van der Waals surface area contributed by atoms with Crippen LogP contribution in [-0.2, 0) is 42.7 Å². The summed E-state index contributed by atoms with van der Waals surface area (Å²) in [7, 11) is 0. The molecule has 0 spiro atoms. The van der Waals surface area contributed by atoms with E-state index in [4.69, 9.17) is 37.9 Å². The van der Waals surface area contributed by atoms with E-state index in [0.29, 0.717) is 98.9 Å². The number of hydrogen-bond donors (Lipinski definition) is 0. The van der Waals surface area contributed by atoms with E-state index in [2.05, 4.69) is 13.8 Å². The van der Waals surface area contributed by atoms with Gasteiger partial charge in [-0.1, -0.05) is 90.9 Å². The van der Waals surface area contributed by atoms with Crippen molar-refractivity contribution in [1.82, 2.24) is 0 Å². The number of hydrogen-bond acceptors (Lipinski definition) is 9. The van der Waals surface area contributed by atoms with Gasteiger partial charge in [-0.15, -0.1) is 0 Å². The lowest BCUT2D eigenvalue weighted by molar-refractivity contribution is -0.145. The third kappa shape index (κ3) is 37.2. The molecule has 0 radical (unpaired) electrons. The smallest absolute Gasteiger partial charge is 0.305 e. The van der Waals surface area contributed by atoms with Crippen molar-refractivity contribution in [2.24, 2.45) is 0 Å². The second-order valence-electron chi connectivity index (χ2n) is 10.5. The first-order chi connectivity index (χ1) is 20.8. The Balaban J connectivity index is 3.06. The largest absolute Gasteiger partial charge is 0.463 e. The number of unbranched alkanes of at least 4 members (excludes halogenated alkanes) is 12. The van der Waals surface area contributed by atoms with Gasteiger partial charge in [0.25, 0.3) is 0 Å². The summed E-state index contributed by atoms with van der Waals surface area (Å²) in [6, 6.07) is 0. The van der Waals surface area contributed by atoms with E-state index in [1.165, 1.54) is 64.2 Å². The van der Waals surface area contributed by atoms with Gasteiger partial charge in [-0.3, -0.25) is 4.79 Å². The van der Waals surface area contributed by atoms with Gasteiger partial charge < -0.3 is 37.9 Å². The third-order valence-corrected chi connectivity index (χ3v) is 6.60. The lowest BCUT2D eigenvalue weighted by atomic mass is 10.1. The van der Waals surface area contributed by atoms with Crippen molar-refractivity contribution in [2.75, 3.05) is 99.1 Å². The van der Waals surface area contributed by atoms with Gasteiger partial charge in [-0.25, -0.2) is 0 Å². The number of carbonyl (C=O) groups is 1. The van der Waals surface area contributed by atoms with Crippen LogP contribution in [0.1, 0.15) is 110 Å². The van der Waals surface area contributed by atoms with Crippen molar-refractivity contribution in [3.63, 3.8) is 0 Å². The maximum atomic E-state index is 11.4. The van der Waals surface area contributed by atoms with Crippen molar-refractivity contribution in [2.45, 2.75) is 110 Å². The van der Waals surface area contributed by atoms with Crippen molar-refractivity contribution in [1.29, 1.82) is 0 Å². The summed E-state index contributed by atoms with van der Waals surface area (Å²) in [6.07, 6.45) is 18.4. The Morgan fingerprint density at radius 1 is 0.333 bits per heavy atom. The van der Waals surface area contributed by atoms with Crippen LogP contribution in [0.4, 0.5) is 0 Å². The molecule has 0 aromatic rings. The summed E-state index contributed by atoms with van der Waals surface area (Å²) in [4.78, 5) is 11.4. The van der Waals surface area contributed by atoms with Gasteiger partial charge >= 0.3 is 5.97 Å². The summed E-state index contributed by atoms with van der Waals surface area (Å²) < 4.78 is 43.6. The van der Waals surface area contributed by atoms with Crippen LogP contribution >= 0.6 is 0 Å². The molecule has 252 valence electrons. The van der Waals surface area contributed by atoms with E-state index in [0.717, 1.165) is 32.3 Å². The minimum Gasteiger partial charge on any atom is -0.463 e. The van der Waals surface area contributed by atoms with Gasteiger partial charge in [0.15, 0.2) is 0 Å². The van der Waals surface area contributed by atoms with E-state index in [1.54, 1.807) is 0 Å². The van der Waals surface area contributed by atoms with Crippen LogP contribution in [0.25, 0.3) is 0 Å². The molecule has 0 heterocycles. The molecule has 0 atom stereocenters. The maximum Gasteiger partial charge on any atom is 0.305 e. The van der Waals surface area contributed by atoms with Crippen molar-refractivity contribution >= 4 is 5.97 Å². The van der Waals surface area contributed by atoms with Crippen LogP contribution in [0.2, 0.25) is 0 Å². The van der Waals surface area contributed by atoms with Crippen LogP contribution in [0, 0.1) is 0 Å². The molecule has 0 unspecified atom stereocenters. The molecule has 0 aromatic heterocycles. The molecule has 42 heavy (non-hydrogen) atoms. The van der Waals surface area contributed by atoms with E-state index >= 15 is 0 Å². The van der Waals surface area contributed by atoms with Crippen LogP contribution in [0.5, 0.6) is 0 Å². The predicted octanol–water partition coefficient (Wildman–Crippen LogP) is 6.54. The zero-order valence-corrected chi connectivity index (χ0v) is 27.4. The Labute approximate surface area is 257 Å². The molecule has 0 bridgehead atoms. The quantitative estimate of drug-likeness (QED) is 0.0578. The molecular weight excluding hydrogens is 540 g/mol. The van der Waals surface area contributed by atoms with Crippen LogP contribution in [0.15, 0.2) is 0 Å². The zero-order chi connectivity index (χ0) is 30.4. The van der Waals surface area contributed by atoms with Gasteiger partial charge in [-0.05, 0) is 12.8 Å². The highest BCUT2D eigenvalue weighted by atomic mass is 16.6. The summed E-state index contributed by atoms with van der Waals surface area (Å²) in [5.41, 5.74) is 0. The topological polar surface area (TPSA) is 90.9 Å². The molecule has 0 aliphatic rings. The molecule has 0 amide bonds. The summed E-state index contributed by atoms with van der Waals surface area (Å²) in [5.74, 6) is -0.150. The molecule has 0 saturated carbocycles. The predicted molar refractivity (Wildman–Crippen MR) is 167 cm³/mol. The second kappa shape index (κ2) is 38.2. The second-order valence-corrected chi connectivity index (χ2v) is 10.5. The van der Waals surface area contributed by atoms with Gasteiger partial charge in [0.2, 0.25) is 0 Å². The Hall–Kier alpha value is -0.810. The summed E-state index contributed by atoms with van der Waals surface area (Å²) in [6.45, 7) is 12.4. The first-order valence-corrected chi connectivity index (χ1v) is 17.0. The fraction of sp³-hybridized carbons (Fsp3) is 0.970. The highest BCUT2D eigenvalue weighted by Crippen LogP contribution is 2.11. The molecule has 9 heteroatoms. The SMILES string of the molecule is CCCCCCCCCCCCCOCCOCCOCCOCCOCCOCCOCCOC(=O)CCCCC. The molecule has 9 nitrogen and oxygen atoms in total. The average molecular weight is 607 g/mol. The van der Waals surface area contributed by atoms with Gasteiger partial charge in [0.1, 0.15) is 6.61 Å². The summed E-state index contributed by atoms with van der Waals surface area (Å²) in [5, 5.41) is 0.